The standard InChI is InChI=1S/C27H32N4O/c1-19(2)22-7-8-25(32-4)23(17-22)24-16-20(3)11-15-31-26(10-14-30-27(24)31)29-13-9-21-6-5-12-28-18-21/h5-8,10,12,14,16-20H,9,11,13,15H2,1-4H3. The Balaban J connectivity index is 1.77. The van der Waals surface area contributed by atoms with Gasteiger partial charge in [-0.25, -0.2) is 4.98 Å². The van der Waals surface area contributed by atoms with E-state index in [-0.39, 0.29) is 0 Å². The molecule has 2 aromatic heterocycles. The van der Waals surface area contributed by atoms with Crippen molar-refractivity contribution in [3.8, 4) is 5.75 Å². The van der Waals surface area contributed by atoms with E-state index < -0.39 is 0 Å². The van der Waals surface area contributed by atoms with Crippen LogP contribution in [0.1, 0.15) is 55.6 Å². The fourth-order valence-electron chi connectivity index (χ4n) is 4.14. The van der Waals surface area contributed by atoms with Crippen LogP contribution in [0.25, 0.3) is 5.57 Å². The van der Waals surface area contributed by atoms with Crippen LogP contribution >= 0.6 is 0 Å². The molecule has 0 fully saturated rings. The molecule has 0 saturated heterocycles. The van der Waals surface area contributed by atoms with E-state index in [1.54, 1.807) is 13.3 Å². The Morgan fingerprint density at radius 1 is 1.19 bits per heavy atom. The Kier molecular flexibility index (Phi) is 6.84. The normalized spacial score (nSPS) is 16.5. The topological polar surface area (TPSA) is 52.3 Å². The lowest BCUT2D eigenvalue weighted by Crippen LogP contribution is -2.25. The van der Waals surface area contributed by atoms with Crippen molar-refractivity contribution in [3.05, 3.63) is 89.1 Å². The minimum atomic E-state index is 0.433. The molecule has 0 saturated carbocycles. The van der Waals surface area contributed by atoms with Gasteiger partial charge in [0.25, 0.3) is 0 Å². The monoisotopic (exact) mass is 428 g/mol. The summed E-state index contributed by atoms with van der Waals surface area (Å²) in [4.78, 5) is 14.0. The van der Waals surface area contributed by atoms with Crippen molar-refractivity contribution in [1.29, 1.82) is 0 Å². The van der Waals surface area contributed by atoms with E-state index in [1.165, 1.54) is 11.1 Å². The molecule has 4 rings (SSSR count). The van der Waals surface area contributed by atoms with Gasteiger partial charge in [0.1, 0.15) is 17.1 Å². The van der Waals surface area contributed by atoms with Crippen LogP contribution in [0.4, 0.5) is 0 Å². The first-order valence-electron chi connectivity index (χ1n) is 11.4. The molecule has 1 aliphatic rings. The molecule has 1 unspecified atom stereocenters. The summed E-state index contributed by atoms with van der Waals surface area (Å²) in [6, 6.07) is 12.6. The maximum Gasteiger partial charge on any atom is 0.141 e. The fraction of sp³-hybridized carbons (Fsp3) is 0.370. The average molecular weight is 429 g/mol. The number of ether oxygens (including phenoxy) is 1. The molecule has 1 atom stereocenters. The fourth-order valence-corrected chi connectivity index (χ4v) is 4.14. The number of aromatic nitrogens is 3. The van der Waals surface area contributed by atoms with Gasteiger partial charge in [0.15, 0.2) is 0 Å². The molecule has 3 heterocycles. The first kappa shape index (κ1) is 22.0. The summed E-state index contributed by atoms with van der Waals surface area (Å²) < 4.78 is 8.03. The first-order valence-corrected chi connectivity index (χ1v) is 11.4. The van der Waals surface area contributed by atoms with Crippen LogP contribution in [0, 0.1) is 5.92 Å². The second-order valence-corrected chi connectivity index (χ2v) is 8.73. The minimum absolute atomic E-state index is 0.433. The van der Waals surface area contributed by atoms with Crippen LogP contribution < -0.4 is 10.2 Å². The maximum atomic E-state index is 5.76. The van der Waals surface area contributed by atoms with Gasteiger partial charge >= 0.3 is 0 Å². The summed E-state index contributed by atoms with van der Waals surface area (Å²) in [5, 5.41) is 0. The Labute approximate surface area is 190 Å². The molecule has 0 radical (unpaired) electrons. The SMILES string of the molecule is COc1ccc(C(C)C)cc1C1=CC(C)CCn2c1nccc2=NCCc1cccnc1. The lowest BCUT2D eigenvalue weighted by atomic mass is 9.94. The molecular formula is C27H32N4O. The molecule has 0 amide bonds. The van der Waals surface area contributed by atoms with Crippen LogP contribution in [0.5, 0.6) is 5.75 Å². The number of benzene rings is 1. The summed E-state index contributed by atoms with van der Waals surface area (Å²) in [5.74, 6) is 2.71. The quantitative estimate of drug-likeness (QED) is 0.554. The third-order valence-electron chi connectivity index (χ3n) is 6.03. The maximum absolute atomic E-state index is 5.76. The number of allylic oxidation sites excluding steroid dienone is 1. The summed E-state index contributed by atoms with van der Waals surface area (Å²) in [7, 11) is 1.74. The van der Waals surface area contributed by atoms with E-state index in [0.29, 0.717) is 11.8 Å². The minimum Gasteiger partial charge on any atom is -0.496 e. The zero-order chi connectivity index (χ0) is 22.5. The first-order chi connectivity index (χ1) is 15.6. The Morgan fingerprint density at radius 2 is 2.06 bits per heavy atom. The number of nitrogens with zero attached hydrogens (tertiary/aromatic N) is 4. The highest BCUT2D eigenvalue weighted by Crippen LogP contribution is 2.35. The molecule has 5 heteroatoms. The van der Waals surface area contributed by atoms with Gasteiger partial charge in [-0.1, -0.05) is 39.0 Å². The predicted molar refractivity (Wildman–Crippen MR) is 129 cm³/mol. The Morgan fingerprint density at radius 3 is 2.81 bits per heavy atom. The van der Waals surface area contributed by atoms with Gasteiger partial charge in [0, 0.05) is 42.8 Å². The number of pyridine rings is 1. The van der Waals surface area contributed by atoms with Crippen molar-refractivity contribution < 1.29 is 4.74 Å². The molecule has 3 aromatic rings. The van der Waals surface area contributed by atoms with Gasteiger partial charge < -0.3 is 9.30 Å². The molecule has 0 spiro atoms. The smallest absolute Gasteiger partial charge is 0.141 e. The van der Waals surface area contributed by atoms with Gasteiger partial charge in [-0.05, 0) is 60.1 Å². The summed E-state index contributed by atoms with van der Waals surface area (Å²) in [6.07, 6.45) is 9.84. The van der Waals surface area contributed by atoms with Crippen LogP contribution in [0.3, 0.4) is 0 Å². The Hall–Kier alpha value is -3.21. The second-order valence-electron chi connectivity index (χ2n) is 8.73. The predicted octanol–water partition coefficient (Wildman–Crippen LogP) is 5.03. The zero-order valence-corrected chi connectivity index (χ0v) is 19.5. The largest absolute Gasteiger partial charge is 0.496 e. The lowest BCUT2D eigenvalue weighted by molar-refractivity contribution is 0.413. The molecule has 0 N–H and O–H groups in total. The van der Waals surface area contributed by atoms with E-state index in [9.17, 15) is 0 Å². The van der Waals surface area contributed by atoms with Gasteiger partial charge in [-0.15, -0.1) is 0 Å². The molecule has 1 aliphatic heterocycles. The highest BCUT2D eigenvalue weighted by molar-refractivity contribution is 5.80. The van der Waals surface area contributed by atoms with Crippen LogP contribution in [0.2, 0.25) is 0 Å². The van der Waals surface area contributed by atoms with Gasteiger partial charge in [-0.2, -0.15) is 0 Å². The molecular weight excluding hydrogens is 396 g/mol. The molecule has 32 heavy (non-hydrogen) atoms. The van der Waals surface area contributed by atoms with Crippen molar-refractivity contribution in [3.63, 3.8) is 0 Å². The molecule has 0 bridgehead atoms. The van der Waals surface area contributed by atoms with E-state index in [0.717, 1.165) is 54.1 Å². The van der Waals surface area contributed by atoms with Gasteiger partial charge in [0.2, 0.25) is 0 Å². The number of hydrogen-bond donors (Lipinski definition) is 0. The number of hydrogen-bond acceptors (Lipinski definition) is 4. The molecule has 1 aromatic carbocycles. The number of fused-ring (bicyclic) bond motifs is 1. The molecule has 166 valence electrons. The van der Waals surface area contributed by atoms with E-state index in [4.69, 9.17) is 14.7 Å². The van der Waals surface area contributed by atoms with Crippen molar-refractivity contribution in [2.45, 2.75) is 46.1 Å². The van der Waals surface area contributed by atoms with Crippen molar-refractivity contribution in [2.75, 3.05) is 13.7 Å². The van der Waals surface area contributed by atoms with Crippen LogP contribution in [-0.4, -0.2) is 28.2 Å². The third-order valence-corrected chi connectivity index (χ3v) is 6.03. The summed E-state index contributed by atoms with van der Waals surface area (Å²) in [5.41, 5.74) is 5.69. The van der Waals surface area contributed by atoms with Crippen molar-refractivity contribution in [1.82, 2.24) is 14.5 Å². The third kappa shape index (κ3) is 4.82. The zero-order valence-electron chi connectivity index (χ0n) is 19.5. The second kappa shape index (κ2) is 9.94. The highest BCUT2D eigenvalue weighted by atomic mass is 16.5. The van der Waals surface area contributed by atoms with E-state index >= 15 is 0 Å². The van der Waals surface area contributed by atoms with Crippen LogP contribution in [-0.2, 0) is 13.0 Å². The summed E-state index contributed by atoms with van der Waals surface area (Å²) in [6.45, 7) is 8.31. The summed E-state index contributed by atoms with van der Waals surface area (Å²) >= 11 is 0. The van der Waals surface area contributed by atoms with Gasteiger partial charge in [-0.3, -0.25) is 9.98 Å². The number of rotatable bonds is 6. The van der Waals surface area contributed by atoms with E-state index in [1.807, 2.05) is 24.5 Å². The Bertz CT molecular complexity index is 1160. The lowest BCUT2D eigenvalue weighted by Gasteiger charge is -2.17. The molecule has 5 nitrogen and oxygen atoms in total. The highest BCUT2D eigenvalue weighted by Gasteiger charge is 2.21. The van der Waals surface area contributed by atoms with Crippen LogP contribution in [0.15, 0.2) is 66.1 Å². The van der Waals surface area contributed by atoms with Gasteiger partial charge in [0.05, 0.1) is 7.11 Å². The van der Waals surface area contributed by atoms with Crippen molar-refractivity contribution >= 4 is 5.57 Å². The van der Waals surface area contributed by atoms with Crippen molar-refractivity contribution in [2.24, 2.45) is 10.9 Å². The number of methoxy groups -OCH3 is 1. The molecule has 0 aliphatic carbocycles. The van der Waals surface area contributed by atoms with E-state index in [2.05, 4.69) is 60.7 Å². The average Bonchev–Trinajstić information content (AvgIpc) is 2.98.